The molecule has 0 spiro atoms. The van der Waals surface area contributed by atoms with Crippen molar-refractivity contribution in [3.05, 3.63) is 28.2 Å². The first-order chi connectivity index (χ1) is 7.15. The molecule has 2 unspecified atom stereocenters. The summed E-state index contributed by atoms with van der Waals surface area (Å²) in [6.07, 6.45) is 0. The van der Waals surface area contributed by atoms with Gasteiger partial charge in [0.2, 0.25) is 0 Å². The van der Waals surface area contributed by atoms with Gasteiger partial charge < -0.3 is 10.2 Å². The van der Waals surface area contributed by atoms with Crippen LogP contribution in [0.15, 0.2) is 22.7 Å². The molecule has 2 rings (SSSR count). The number of hydrogen-bond donors (Lipinski definition) is 1. The Kier molecular flexibility index (Phi) is 3.03. The number of anilines is 1. The topological polar surface area (TPSA) is 15.3 Å². The van der Waals surface area contributed by atoms with Gasteiger partial charge in [-0.3, -0.25) is 0 Å². The zero-order valence-corrected chi connectivity index (χ0v) is 11.0. The van der Waals surface area contributed by atoms with Gasteiger partial charge in [-0.25, -0.2) is 0 Å². The van der Waals surface area contributed by atoms with Crippen LogP contribution in [0.5, 0.6) is 0 Å². The maximum atomic E-state index is 3.66. The number of halogens is 1. The third-order valence-corrected chi connectivity index (χ3v) is 4.03. The zero-order chi connectivity index (χ0) is 11.0. The second-order valence-electron chi connectivity index (χ2n) is 4.24. The molecular weight excluding hydrogens is 252 g/mol. The fraction of sp³-hybridized carbons (Fsp3) is 0.500. The molecule has 1 aromatic carbocycles. The molecule has 2 atom stereocenters. The first kappa shape index (κ1) is 11.0. The molecule has 0 aromatic heterocycles. The van der Waals surface area contributed by atoms with E-state index in [0.29, 0.717) is 12.0 Å². The lowest BCUT2D eigenvalue weighted by Gasteiger charge is -2.20. The van der Waals surface area contributed by atoms with Crippen LogP contribution in [0.25, 0.3) is 0 Å². The highest BCUT2D eigenvalue weighted by Crippen LogP contribution is 2.41. The van der Waals surface area contributed by atoms with E-state index in [4.69, 9.17) is 0 Å². The SMILES string of the molecule is CNC(C)C1CN(C)c2cccc(Br)c21. The van der Waals surface area contributed by atoms with Gasteiger partial charge in [-0.05, 0) is 31.7 Å². The van der Waals surface area contributed by atoms with Crippen LogP contribution in [-0.2, 0) is 0 Å². The van der Waals surface area contributed by atoms with E-state index < -0.39 is 0 Å². The van der Waals surface area contributed by atoms with Crippen LogP contribution >= 0.6 is 15.9 Å². The van der Waals surface area contributed by atoms with Gasteiger partial charge in [0.25, 0.3) is 0 Å². The molecule has 0 bridgehead atoms. The van der Waals surface area contributed by atoms with Gasteiger partial charge in [0.15, 0.2) is 0 Å². The Balaban J connectivity index is 2.44. The fourth-order valence-corrected chi connectivity index (χ4v) is 2.97. The minimum Gasteiger partial charge on any atom is -0.374 e. The lowest BCUT2D eigenvalue weighted by atomic mass is 9.95. The van der Waals surface area contributed by atoms with E-state index in [1.165, 1.54) is 15.7 Å². The molecule has 0 radical (unpaired) electrons. The van der Waals surface area contributed by atoms with E-state index in [0.717, 1.165) is 6.54 Å². The summed E-state index contributed by atoms with van der Waals surface area (Å²) in [7, 11) is 4.19. The molecule has 0 saturated heterocycles. The Hall–Kier alpha value is -0.540. The minimum atomic E-state index is 0.507. The van der Waals surface area contributed by atoms with Gasteiger partial charge in [-0.1, -0.05) is 22.0 Å². The Morgan fingerprint density at radius 1 is 1.53 bits per heavy atom. The van der Waals surface area contributed by atoms with Crippen LogP contribution < -0.4 is 10.2 Å². The Morgan fingerprint density at radius 3 is 2.93 bits per heavy atom. The van der Waals surface area contributed by atoms with E-state index in [1.54, 1.807) is 0 Å². The van der Waals surface area contributed by atoms with Crippen molar-refractivity contribution in [3.8, 4) is 0 Å². The van der Waals surface area contributed by atoms with Crippen molar-refractivity contribution in [2.75, 3.05) is 25.5 Å². The van der Waals surface area contributed by atoms with Crippen molar-refractivity contribution in [2.45, 2.75) is 18.9 Å². The quantitative estimate of drug-likeness (QED) is 0.887. The number of hydrogen-bond acceptors (Lipinski definition) is 2. The Bertz CT molecular complexity index is 365. The highest BCUT2D eigenvalue weighted by Gasteiger charge is 2.31. The third-order valence-electron chi connectivity index (χ3n) is 3.34. The van der Waals surface area contributed by atoms with Crippen LogP contribution in [-0.4, -0.2) is 26.7 Å². The molecule has 0 aliphatic carbocycles. The summed E-state index contributed by atoms with van der Waals surface area (Å²) in [6.45, 7) is 3.34. The normalized spacial score (nSPS) is 21.6. The monoisotopic (exact) mass is 268 g/mol. The van der Waals surface area contributed by atoms with Crippen LogP contribution in [0.2, 0.25) is 0 Å². The summed E-state index contributed by atoms with van der Waals surface area (Å²) < 4.78 is 1.23. The maximum absolute atomic E-state index is 3.66. The molecular formula is C12H17BrN2. The second-order valence-corrected chi connectivity index (χ2v) is 5.09. The molecule has 1 N–H and O–H groups in total. The molecule has 2 nitrogen and oxygen atoms in total. The standard InChI is InChI=1S/C12H17BrN2/c1-8(14-2)9-7-15(3)11-6-4-5-10(13)12(9)11/h4-6,8-9,14H,7H2,1-3H3. The molecule has 0 fully saturated rings. The summed E-state index contributed by atoms with van der Waals surface area (Å²) >= 11 is 3.66. The van der Waals surface area contributed by atoms with Crippen molar-refractivity contribution in [2.24, 2.45) is 0 Å². The second kappa shape index (κ2) is 4.14. The lowest BCUT2D eigenvalue weighted by molar-refractivity contribution is 0.512. The summed E-state index contributed by atoms with van der Waals surface area (Å²) in [4.78, 5) is 2.33. The zero-order valence-electron chi connectivity index (χ0n) is 9.42. The minimum absolute atomic E-state index is 0.507. The first-order valence-electron chi connectivity index (χ1n) is 5.32. The number of likely N-dealkylation sites (N-methyl/N-ethyl adjacent to an activating group) is 2. The summed E-state index contributed by atoms with van der Waals surface area (Å²) in [5.74, 6) is 0.575. The summed E-state index contributed by atoms with van der Waals surface area (Å²) in [5, 5.41) is 3.35. The molecule has 1 aliphatic heterocycles. The highest BCUT2D eigenvalue weighted by molar-refractivity contribution is 9.10. The van der Waals surface area contributed by atoms with Gasteiger partial charge in [0.1, 0.15) is 0 Å². The molecule has 82 valence electrons. The first-order valence-corrected chi connectivity index (χ1v) is 6.11. The van der Waals surface area contributed by atoms with E-state index in [-0.39, 0.29) is 0 Å². The average Bonchev–Trinajstić information content (AvgIpc) is 2.57. The molecule has 3 heteroatoms. The number of fused-ring (bicyclic) bond motifs is 1. The smallest absolute Gasteiger partial charge is 0.0411 e. The molecule has 1 aliphatic rings. The Morgan fingerprint density at radius 2 is 2.27 bits per heavy atom. The molecule has 0 amide bonds. The highest BCUT2D eigenvalue weighted by atomic mass is 79.9. The van der Waals surface area contributed by atoms with Crippen molar-refractivity contribution >= 4 is 21.6 Å². The predicted molar refractivity (Wildman–Crippen MR) is 68.7 cm³/mol. The van der Waals surface area contributed by atoms with Crippen molar-refractivity contribution in [3.63, 3.8) is 0 Å². The van der Waals surface area contributed by atoms with Gasteiger partial charge in [-0.15, -0.1) is 0 Å². The molecule has 1 aromatic rings. The van der Waals surface area contributed by atoms with Crippen LogP contribution in [0, 0.1) is 0 Å². The summed E-state index contributed by atoms with van der Waals surface area (Å²) in [6, 6.07) is 6.94. The Labute approximate surface area is 99.8 Å². The maximum Gasteiger partial charge on any atom is 0.0411 e. The van der Waals surface area contributed by atoms with Gasteiger partial charge in [-0.2, -0.15) is 0 Å². The lowest BCUT2D eigenvalue weighted by Crippen LogP contribution is -2.31. The number of benzene rings is 1. The third kappa shape index (κ3) is 1.79. The predicted octanol–water partition coefficient (Wildman–Crippen LogP) is 2.59. The molecule has 15 heavy (non-hydrogen) atoms. The van der Waals surface area contributed by atoms with E-state index >= 15 is 0 Å². The van der Waals surface area contributed by atoms with Crippen molar-refractivity contribution in [1.29, 1.82) is 0 Å². The van der Waals surface area contributed by atoms with Gasteiger partial charge in [0.05, 0.1) is 0 Å². The van der Waals surface area contributed by atoms with Crippen molar-refractivity contribution in [1.82, 2.24) is 5.32 Å². The number of rotatable bonds is 2. The van der Waals surface area contributed by atoms with Gasteiger partial charge in [0, 0.05) is 35.7 Å². The van der Waals surface area contributed by atoms with Gasteiger partial charge >= 0.3 is 0 Å². The number of nitrogens with zero attached hydrogens (tertiary/aromatic N) is 1. The van der Waals surface area contributed by atoms with E-state index in [2.05, 4.69) is 58.3 Å². The van der Waals surface area contributed by atoms with Crippen molar-refractivity contribution < 1.29 is 0 Å². The molecule has 0 saturated carbocycles. The number of nitrogens with one attached hydrogen (secondary N) is 1. The van der Waals surface area contributed by atoms with Crippen LogP contribution in [0.3, 0.4) is 0 Å². The van der Waals surface area contributed by atoms with Crippen LogP contribution in [0.4, 0.5) is 5.69 Å². The average molecular weight is 269 g/mol. The summed E-state index contributed by atoms with van der Waals surface area (Å²) in [5.41, 5.74) is 2.80. The van der Waals surface area contributed by atoms with Crippen LogP contribution in [0.1, 0.15) is 18.4 Å². The fourth-order valence-electron chi connectivity index (χ4n) is 2.32. The van der Waals surface area contributed by atoms with E-state index in [1.807, 2.05) is 7.05 Å². The molecule has 1 heterocycles. The van der Waals surface area contributed by atoms with E-state index in [9.17, 15) is 0 Å². The largest absolute Gasteiger partial charge is 0.374 e.